The summed E-state index contributed by atoms with van der Waals surface area (Å²) in [5.41, 5.74) is 2.06. The predicted octanol–water partition coefficient (Wildman–Crippen LogP) is 5.96. The summed E-state index contributed by atoms with van der Waals surface area (Å²) in [4.78, 5) is 24.0. The number of hydrogen-bond acceptors (Lipinski definition) is 4. The molecular formula is C26H27F3N4O. The van der Waals surface area contributed by atoms with Gasteiger partial charge < -0.3 is 10.2 Å². The SMILES string of the molecule is Cc1ccc(-c2nc(NCc3ccccc3C(F)(F)F)ncc2C(=O)N2CCC(C)CC2)cc1. The number of benzene rings is 2. The lowest BCUT2D eigenvalue weighted by atomic mass is 9.98. The molecule has 1 fully saturated rings. The first-order valence-electron chi connectivity index (χ1n) is 11.3. The van der Waals surface area contributed by atoms with E-state index in [9.17, 15) is 18.0 Å². The molecule has 0 unspecified atom stereocenters. The molecule has 34 heavy (non-hydrogen) atoms. The molecule has 0 radical (unpaired) electrons. The lowest BCUT2D eigenvalue weighted by Crippen LogP contribution is -2.38. The topological polar surface area (TPSA) is 58.1 Å². The molecule has 0 bridgehead atoms. The van der Waals surface area contributed by atoms with Crippen LogP contribution in [0.4, 0.5) is 19.1 Å². The second-order valence-electron chi connectivity index (χ2n) is 8.81. The third kappa shape index (κ3) is 5.38. The Morgan fingerprint density at radius 3 is 2.44 bits per heavy atom. The smallest absolute Gasteiger partial charge is 0.350 e. The molecule has 3 aromatic rings. The van der Waals surface area contributed by atoms with Gasteiger partial charge in [-0.3, -0.25) is 4.79 Å². The molecule has 2 aromatic carbocycles. The van der Waals surface area contributed by atoms with E-state index in [0.717, 1.165) is 30.0 Å². The number of nitrogens with zero attached hydrogens (tertiary/aromatic N) is 3. The normalized spacial score (nSPS) is 14.8. The molecule has 4 rings (SSSR count). The van der Waals surface area contributed by atoms with Gasteiger partial charge in [-0.1, -0.05) is 55.0 Å². The number of nitrogens with one attached hydrogen (secondary N) is 1. The number of aromatic nitrogens is 2. The average molecular weight is 469 g/mol. The molecule has 0 spiro atoms. The monoisotopic (exact) mass is 468 g/mol. The number of alkyl halides is 3. The van der Waals surface area contributed by atoms with Gasteiger partial charge in [-0.15, -0.1) is 0 Å². The highest BCUT2D eigenvalue weighted by Gasteiger charge is 2.33. The van der Waals surface area contributed by atoms with Crippen LogP contribution in [-0.2, 0) is 12.7 Å². The largest absolute Gasteiger partial charge is 0.416 e. The van der Waals surface area contributed by atoms with E-state index in [1.165, 1.54) is 18.3 Å². The Morgan fingerprint density at radius 1 is 1.09 bits per heavy atom. The number of likely N-dealkylation sites (tertiary alicyclic amines) is 1. The zero-order chi connectivity index (χ0) is 24.3. The summed E-state index contributed by atoms with van der Waals surface area (Å²) in [6.07, 6.45) is -1.08. The van der Waals surface area contributed by atoms with Gasteiger partial charge in [-0.05, 0) is 37.3 Å². The first kappa shape index (κ1) is 23.7. The van der Waals surface area contributed by atoms with Gasteiger partial charge in [-0.2, -0.15) is 13.2 Å². The molecule has 1 aliphatic rings. The number of hydrogen-bond donors (Lipinski definition) is 1. The van der Waals surface area contributed by atoms with Crippen molar-refractivity contribution in [3.05, 3.63) is 77.0 Å². The van der Waals surface area contributed by atoms with Gasteiger partial charge in [-0.25, -0.2) is 9.97 Å². The van der Waals surface area contributed by atoms with Crippen molar-refractivity contribution in [1.29, 1.82) is 0 Å². The van der Waals surface area contributed by atoms with Gasteiger partial charge in [0.2, 0.25) is 5.95 Å². The van der Waals surface area contributed by atoms with Gasteiger partial charge in [0, 0.05) is 31.4 Å². The van der Waals surface area contributed by atoms with Crippen LogP contribution in [0.2, 0.25) is 0 Å². The van der Waals surface area contributed by atoms with Crippen LogP contribution >= 0.6 is 0 Å². The van der Waals surface area contributed by atoms with Gasteiger partial charge >= 0.3 is 6.18 Å². The van der Waals surface area contributed by atoms with E-state index in [1.54, 1.807) is 6.07 Å². The first-order chi connectivity index (χ1) is 16.2. The number of anilines is 1. The van der Waals surface area contributed by atoms with Gasteiger partial charge in [0.1, 0.15) is 0 Å². The van der Waals surface area contributed by atoms with Crippen LogP contribution in [0, 0.1) is 12.8 Å². The zero-order valence-electron chi connectivity index (χ0n) is 19.2. The second kappa shape index (κ2) is 9.83. The fraction of sp³-hybridized carbons (Fsp3) is 0.346. The fourth-order valence-electron chi connectivity index (χ4n) is 4.06. The minimum atomic E-state index is -4.45. The number of rotatable bonds is 5. The third-order valence-corrected chi connectivity index (χ3v) is 6.17. The van der Waals surface area contributed by atoms with Crippen molar-refractivity contribution in [1.82, 2.24) is 14.9 Å². The molecule has 0 atom stereocenters. The number of piperidine rings is 1. The van der Waals surface area contributed by atoms with E-state index >= 15 is 0 Å². The van der Waals surface area contributed by atoms with Crippen molar-refractivity contribution in [2.24, 2.45) is 5.92 Å². The van der Waals surface area contributed by atoms with Crippen LogP contribution in [0.3, 0.4) is 0 Å². The van der Waals surface area contributed by atoms with Crippen LogP contribution < -0.4 is 5.32 Å². The molecule has 1 aliphatic heterocycles. The summed E-state index contributed by atoms with van der Waals surface area (Å²) in [6.45, 7) is 5.42. The number of halogens is 3. The minimum absolute atomic E-state index is 0.0954. The van der Waals surface area contributed by atoms with Crippen LogP contribution in [0.1, 0.15) is 46.8 Å². The molecule has 1 amide bonds. The Morgan fingerprint density at radius 2 is 1.76 bits per heavy atom. The van der Waals surface area contributed by atoms with Crippen molar-refractivity contribution < 1.29 is 18.0 Å². The standard InChI is InChI=1S/C26H27F3N4O/c1-17-7-9-19(10-8-17)23-21(24(34)33-13-11-18(2)12-14-33)16-31-25(32-23)30-15-20-5-3-4-6-22(20)26(27,28)29/h3-10,16,18H,11-15H2,1-2H3,(H,30,31,32). The summed E-state index contributed by atoms with van der Waals surface area (Å²) in [6, 6.07) is 13.0. The molecule has 1 N–H and O–H groups in total. The minimum Gasteiger partial charge on any atom is -0.350 e. The maximum absolute atomic E-state index is 13.3. The number of amides is 1. The second-order valence-corrected chi connectivity index (χ2v) is 8.81. The van der Waals surface area contributed by atoms with E-state index in [-0.39, 0.29) is 24.0 Å². The molecule has 1 saturated heterocycles. The number of carbonyl (C=O) groups is 1. The Kier molecular flexibility index (Phi) is 6.86. The lowest BCUT2D eigenvalue weighted by Gasteiger charge is -2.30. The van der Waals surface area contributed by atoms with Crippen molar-refractivity contribution in [2.45, 2.75) is 39.4 Å². The van der Waals surface area contributed by atoms with Crippen LogP contribution in [0.25, 0.3) is 11.3 Å². The van der Waals surface area contributed by atoms with Crippen LogP contribution in [-0.4, -0.2) is 33.9 Å². The average Bonchev–Trinajstić information content (AvgIpc) is 2.83. The maximum Gasteiger partial charge on any atom is 0.416 e. The third-order valence-electron chi connectivity index (χ3n) is 6.17. The van der Waals surface area contributed by atoms with Crippen LogP contribution in [0.15, 0.2) is 54.7 Å². The molecule has 178 valence electrons. The quantitative estimate of drug-likeness (QED) is 0.502. The highest BCUT2D eigenvalue weighted by atomic mass is 19.4. The number of aryl methyl sites for hydroxylation is 1. The molecule has 0 saturated carbocycles. The Bertz CT molecular complexity index is 1150. The Labute approximate surface area is 197 Å². The molecule has 2 heterocycles. The molecule has 5 nitrogen and oxygen atoms in total. The van der Waals surface area contributed by atoms with E-state index < -0.39 is 11.7 Å². The molecule has 8 heteroatoms. The summed E-state index contributed by atoms with van der Waals surface area (Å²) < 4.78 is 40.0. The summed E-state index contributed by atoms with van der Waals surface area (Å²) in [7, 11) is 0. The van der Waals surface area contributed by atoms with Crippen LogP contribution in [0.5, 0.6) is 0 Å². The first-order valence-corrected chi connectivity index (χ1v) is 11.3. The summed E-state index contributed by atoms with van der Waals surface area (Å²) in [5, 5.41) is 2.90. The predicted molar refractivity (Wildman–Crippen MR) is 125 cm³/mol. The van der Waals surface area contributed by atoms with Gasteiger partial charge in [0.15, 0.2) is 0 Å². The lowest BCUT2D eigenvalue weighted by molar-refractivity contribution is -0.138. The zero-order valence-corrected chi connectivity index (χ0v) is 19.2. The fourth-order valence-corrected chi connectivity index (χ4v) is 4.06. The summed E-state index contributed by atoms with van der Waals surface area (Å²) >= 11 is 0. The van der Waals surface area contributed by atoms with Crippen molar-refractivity contribution in [2.75, 3.05) is 18.4 Å². The van der Waals surface area contributed by atoms with E-state index in [4.69, 9.17) is 0 Å². The highest BCUT2D eigenvalue weighted by Crippen LogP contribution is 2.32. The molecule has 0 aliphatic carbocycles. The van der Waals surface area contributed by atoms with E-state index in [1.807, 2.05) is 36.1 Å². The van der Waals surface area contributed by atoms with E-state index in [0.29, 0.717) is 30.3 Å². The maximum atomic E-state index is 13.3. The van der Waals surface area contributed by atoms with Gasteiger partial charge in [0.25, 0.3) is 5.91 Å². The van der Waals surface area contributed by atoms with Crippen molar-refractivity contribution in [3.8, 4) is 11.3 Å². The summed E-state index contributed by atoms with van der Waals surface area (Å²) in [5.74, 6) is 0.621. The van der Waals surface area contributed by atoms with Crippen molar-refractivity contribution >= 4 is 11.9 Å². The Balaban J connectivity index is 1.64. The molecular weight excluding hydrogens is 441 g/mol. The van der Waals surface area contributed by atoms with Crippen molar-refractivity contribution in [3.63, 3.8) is 0 Å². The highest BCUT2D eigenvalue weighted by molar-refractivity contribution is 5.99. The Hall–Kier alpha value is -3.42. The number of carbonyl (C=O) groups excluding carboxylic acids is 1. The van der Waals surface area contributed by atoms with Gasteiger partial charge in [0.05, 0.1) is 16.8 Å². The van der Waals surface area contributed by atoms with E-state index in [2.05, 4.69) is 22.2 Å². The molecule has 1 aromatic heterocycles.